The molecule has 88 valence electrons. The molecule has 1 fully saturated rings. The van der Waals surface area contributed by atoms with Crippen LogP contribution in [0, 0.1) is 0 Å². The van der Waals surface area contributed by atoms with E-state index in [1.54, 1.807) is 0 Å². The van der Waals surface area contributed by atoms with Crippen LogP contribution in [0.5, 0.6) is 0 Å². The second-order valence-electron chi connectivity index (χ2n) is 4.88. The van der Waals surface area contributed by atoms with E-state index in [0.717, 1.165) is 25.7 Å². The van der Waals surface area contributed by atoms with Crippen molar-refractivity contribution >= 4 is 5.97 Å². The topological polar surface area (TPSA) is 64.3 Å². The monoisotopic (exact) mass is 214 g/mol. The molecule has 0 aromatic rings. The summed E-state index contributed by atoms with van der Waals surface area (Å²) in [4.78, 5) is 11.5. The quantitative estimate of drug-likeness (QED) is 0.682. The highest BCUT2D eigenvalue weighted by molar-refractivity contribution is 5.79. The SMILES string of the molecule is COC(=O)C(C)(C)NC1CCCC(N)C1. The fourth-order valence-electron chi connectivity index (χ4n) is 2.18. The lowest BCUT2D eigenvalue weighted by atomic mass is 9.89. The maximum absolute atomic E-state index is 11.5. The standard InChI is InChI=1S/C11H22N2O2/c1-11(2,10(14)15-3)13-9-6-4-5-8(12)7-9/h8-9,13H,4-7,12H2,1-3H3. The molecule has 15 heavy (non-hydrogen) atoms. The minimum atomic E-state index is -0.615. The van der Waals surface area contributed by atoms with E-state index < -0.39 is 5.54 Å². The van der Waals surface area contributed by atoms with E-state index in [1.807, 2.05) is 13.8 Å². The lowest BCUT2D eigenvalue weighted by Gasteiger charge is -2.33. The molecule has 1 aliphatic rings. The first-order valence-electron chi connectivity index (χ1n) is 5.57. The Morgan fingerprint density at radius 1 is 1.47 bits per heavy atom. The Morgan fingerprint density at radius 2 is 2.13 bits per heavy atom. The number of hydrogen-bond acceptors (Lipinski definition) is 4. The Labute approximate surface area is 91.5 Å². The van der Waals surface area contributed by atoms with Crippen molar-refractivity contribution in [1.82, 2.24) is 5.32 Å². The van der Waals surface area contributed by atoms with Gasteiger partial charge in [-0.3, -0.25) is 10.1 Å². The minimum Gasteiger partial charge on any atom is -0.468 e. The second kappa shape index (κ2) is 4.94. The molecule has 2 atom stereocenters. The molecule has 0 heterocycles. The highest BCUT2D eigenvalue weighted by atomic mass is 16.5. The fraction of sp³-hybridized carbons (Fsp3) is 0.909. The van der Waals surface area contributed by atoms with Gasteiger partial charge in [0.1, 0.15) is 5.54 Å². The summed E-state index contributed by atoms with van der Waals surface area (Å²) < 4.78 is 4.75. The fourth-order valence-corrected chi connectivity index (χ4v) is 2.18. The van der Waals surface area contributed by atoms with Crippen LogP contribution >= 0.6 is 0 Å². The zero-order valence-corrected chi connectivity index (χ0v) is 9.88. The van der Waals surface area contributed by atoms with E-state index in [9.17, 15) is 4.79 Å². The first-order chi connectivity index (χ1) is 6.95. The van der Waals surface area contributed by atoms with Crippen molar-refractivity contribution in [3.63, 3.8) is 0 Å². The summed E-state index contributed by atoms with van der Waals surface area (Å²) in [5, 5.41) is 3.32. The van der Waals surface area contributed by atoms with Crippen LogP contribution in [-0.4, -0.2) is 30.7 Å². The molecular formula is C11H22N2O2. The van der Waals surface area contributed by atoms with Gasteiger partial charge in [0.25, 0.3) is 0 Å². The average molecular weight is 214 g/mol. The number of hydrogen-bond donors (Lipinski definition) is 2. The van der Waals surface area contributed by atoms with Crippen LogP contribution in [0.4, 0.5) is 0 Å². The lowest BCUT2D eigenvalue weighted by Crippen LogP contribution is -2.54. The summed E-state index contributed by atoms with van der Waals surface area (Å²) in [6.07, 6.45) is 4.27. The molecule has 0 aromatic carbocycles. The first kappa shape index (κ1) is 12.5. The van der Waals surface area contributed by atoms with Gasteiger partial charge in [-0.2, -0.15) is 0 Å². The Hall–Kier alpha value is -0.610. The van der Waals surface area contributed by atoms with Gasteiger partial charge in [-0.05, 0) is 33.1 Å². The summed E-state index contributed by atoms with van der Waals surface area (Å²) in [5.41, 5.74) is 5.28. The zero-order chi connectivity index (χ0) is 11.5. The van der Waals surface area contributed by atoms with E-state index in [1.165, 1.54) is 7.11 Å². The van der Waals surface area contributed by atoms with E-state index in [2.05, 4.69) is 5.32 Å². The van der Waals surface area contributed by atoms with Crippen molar-refractivity contribution in [3.05, 3.63) is 0 Å². The highest BCUT2D eigenvalue weighted by Crippen LogP contribution is 2.19. The molecule has 1 aliphatic carbocycles. The average Bonchev–Trinajstić information content (AvgIpc) is 2.15. The third-order valence-electron chi connectivity index (χ3n) is 2.98. The highest BCUT2D eigenvalue weighted by Gasteiger charge is 2.32. The lowest BCUT2D eigenvalue weighted by molar-refractivity contribution is -0.147. The van der Waals surface area contributed by atoms with E-state index >= 15 is 0 Å². The number of nitrogens with one attached hydrogen (secondary N) is 1. The first-order valence-corrected chi connectivity index (χ1v) is 5.57. The van der Waals surface area contributed by atoms with Gasteiger partial charge in [0.2, 0.25) is 0 Å². The molecule has 0 radical (unpaired) electrons. The Kier molecular flexibility index (Phi) is 4.11. The second-order valence-corrected chi connectivity index (χ2v) is 4.88. The molecule has 0 aromatic heterocycles. The summed E-state index contributed by atoms with van der Waals surface area (Å²) in [7, 11) is 1.42. The third-order valence-corrected chi connectivity index (χ3v) is 2.98. The molecule has 0 amide bonds. The molecule has 3 N–H and O–H groups in total. The van der Waals surface area contributed by atoms with E-state index in [4.69, 9.17) is 10.5 Å². The number of carbonyl (C=O) groups is 1. The van der Waals surface area contributed by atoms with Crippen molar-refractivity contribution in [2.75, 3.05) is 7.11 Å². The Balaban J connectivity index is 2.49. The maximum Gasteiger partial charge on any atom is 0.325 e. The van der Waals surface area contributed by atoms with Crippen molar-refractivity contribution in [2.24, 2.45) is 5.73 Å². The largest absolute Gasteiger partial charge is 0.468 e. The molecule has 0 aliphatic heterocycles. The van der Waals surface area contributed by atoms with Gasteiger partial charge in [0.05, 0.1) is 7.11 Å². The van der Waals surface area contributed by atoms with Crippen LogP contribution in [0.15, 0.2) is 0 Å². The van der Waals surface area contributed by atoms with E-state index in [-0.39, 0.29) is 12.0 Å². The van der Waals surface area contributed by atoms with Crippen molar-refractivity contribution in [2.45, 2.75) is 57.2 Å². The summed E-state index contributed by atoms with van der Waals surface area (Å²) >= 11 is 0. The summed E-state index contributed by atoms with van der Waals surface area (Å²) in [6, 6.07) is 0.604. The number of nitrogens with two attached hydrogens (primary N) is 1. The Bertz CT molecular complexity index is 229. The van der Waals surface area contributed by atoms with Crippen LogP contribution in [0.2, 0.25) is 0 Å². The van der Waals surface area contributed by atoms with Gasteiger partial charge >= 0.3 is 5.97 Å². The van der Waals surface area contributed by atoms with Crippen LogP contribution in [-0.2, 0) is 9.53 Å². The molecule has 4 heteroatoms. The van der Waals surface area contributed by atoms with Crippen molar-refractivity contribution in [1.29, 1.82) is 0 Å². The molecule has 0 saturated heterocycles. The van der Waals surface area contributed by atoms with Crippen molar-refractivity contribution < 1.29 is 9.53 Å². The van der Waals surface area contributed by atoms with Crippen molar-refractivity contribution in [3.8, 4) is 0 Å². The molecule has 1 rings (SSSR count). The van der Waals surface area contributed by atoms with Crippen LogP contribution in [0.3, 0.4) is 0 Å². The maximum atomic E-state index is 11.5. The molecule has 0 spiro atoms. The van der Waals surface area contributed by atoms with Crippen LogP contribution < -0.4 is 11.1 Å². The van der Waals surface area contributed by atoms with Crippen LogP contribution in [0.1, 0.15) is 39.5 Å². The molecular weight excluding hydrogens is 192 g/mol. The third kappa shape index (κ3) is 3.47. The summed E-state index contributed by atoms with van der Waals surface area (Å²) in [5.74, 6) is -0.221. The predicted molar refractivity (Wildman–Crippen MR) is 59.5 cm³/mol. The number of esters is 1. The number of rotatable bonds is 3. The number of ether oxygens (including phenoxy) is 1. The number of methoxy groups -OCH3 is 1. The van der Waals surface area contributed by atoms with E-state index in [0.29, 0.717) is 6.04 Å². The summed E-state index contributed by atoms with van der Waals surface area (Å²) in [6.45, 7) is 3.69. The van der Waals surface area contributed by atoms with Gasteiger partial charge < -0.3 is 10.5 Å². The predicted octanol–water partition coefficient (Wildman–Crippen LogP) is 0.797. The van der Waals surface area contributed by atoms with Gasteiger partial charge in [-0.25, -0.2) is 0 Å². The Morgan fingerprint density at radius 3 is 2.67 bits per heavy atom. The van der Waals surface area contributed by atoms with Gasteiger partial charge in [-0.15, -0.1) is 0 Å². The molecule has 0 bridgehead atoms. The van der Waals surface area contributed by atoms with Gasteiger partial charge in [0.15, 0.2) is 0 Å². The molecule has 1 saturated carbocycles. The van der Waals surface area contributed by atoms with Gasteiger partial charge in [0, 0.05) is 12.1 Å². The zero-order valence-electron chi connectivity index (χ0n) is 9.88. The van der Waals surface area contributed by atoms with Gasteiger partial charge in [-0.1, -0.05) is 6.42 Å². The number of carbonyl (C=O) groups excluding carboxylic acids is 1. The molecule has 2 unspecified atom stereocenters. The minimum absolute atomic E-state index is 0.221. The van der Waals surface area contributed by atoms with Crippen LogP contribution in [0.25, 0.3) is 0 Å². The smallest absolute Gasteiger partial charge is 0.325 e. The molecule has 4 nitrogen and oxygen atoms in total. The normalized spacial score (nSPS) is 27.5.